The van der Waals surface area contributed by atoms with Crippen LogP contribution in [0.5, 0.6) is 0 Å². The van der Waals surface area contributed by atoms with Crippen molar-refractivity contribution < 1.29 is 43.8 Å². The van der Waals surface area contributed by atoms with Crippen LogP contribution in [0.25, 0.3) is 0 Å². The van der Waals surface area contributed by atoms with E-state index in [0.29, 0.717) is 6.42 Å². The highest BCUT2D eigenvalue weighted by molar-refractivity contribution is 5.95. The molecule has 0 unspecified atom stereocenters. The Morgan fingerprint density at radius 1 is 0.912 bits per heavy atom. The van der Waals surface area contributed by atoms with Gasteiger partial charge in [-0.3, -0.25) is 28.8 Å². The molecule has 0 aromatic heterocycles. The zero-order valence-corrected chi connectivity index (χ0v) is 18.4. The maximum atomic E-state index is 12.9. The number of rotatable bonds is 14. The summed E-state index contributed by atoms with van der Waals surface area (Å²) < 4.78 is 0. The van der Waals surface area contributed by atoms with Gasteiger partial charge in [0.25, 0.3) is 0 Å². The van der Waals surface area contributed by atoms with Crippen LogP contribution in [-0.4, -0.2) is 87.3 Å². The molecule has 5 amide bonds. The number of carboxylic acids is 2. The van der Waals surface area contributed by atoms with E-state index in [1.54, 1.807) is 0 Å². The first-order valence-electron chi connectivity index (χ1n) is 10.5. The summed E-state index contributed by atoms with van der Waals surface area (Å²) in [5, 5.41) is 22.5. The summed E-state index contributed by atoms with van der Waals surface area (Å²) in [5.41, 5.74) is 15.8. The number of carbonyl (C=O) groups is 7. The van der Waals surface area contributed by atoms with E-state index in [-0.39, 0.29) is 32.2 Å². The molecule has 0 bridgehead atoms. The highest BCUT2D eigenvalue weighted by Crippen LogP contribution is 2.19. The molecule has 1 rings (SSSR count). The molecule has 0 aromatic carbocycles. The van der Waals surface area contributed by atoms with Gasteiger partial charge < -0.3 is 42.9 Å². The van der Waals surface area contributed by atoms with Crippen LogP contribution in [0.15, 0.2) is 0 Å². The Morgan fingerprint density at radius 2 is 1.56 bits per heavy atom. The van der Waals surface area contributed by atoms with Crippen molar-refractivity contribution >= 4 is 41.5 Å². The number of likely N-dealkylation sites (tertiary alicyclic amines) is 1. The summed E-state index contributed by atoms with van der Waals surface area (Å²) in [6, 6.07) is -5.22. The van der Waals surface area contributed by atoms with Gasteiger partial charge in [0.05, 0.1) is 12.5 Å². The van der Waals surface area contributed by atoms with Gasteiger partial charge in [-0.2, -0.15) is 0 Å². The number of hydrogen-bond acceptors (Lipinski definition) is 8. The van der Waals surface area contributed by atoms with Crippen molar-refractivity contribution in [2.45, 2.75) is 69.1 Å². The van der Waals surface area contributed by atoms with Crippen molar-refractivity contribution in [3.05, 3.63) is 0 Å². The van der Waals surface area contributed by atoms with E-state index in [1.165, 1.54) is 4.90 Å². The van der Waals surface area contributed by atoms with Crippen LogP contribution in [0.4, 0.5) is 0 Å². The number of carboxylic acid groups (broad SMARTS) is 2. The average molecular weight is 486 g/mol. The van der Waals surface area contributed by atoms with Crippen LogP contribution < -0.4 is 27.8 Å². The van der Waals surface area contributed by atoms with E-state index in [2.05, 4.69) is 10.6 Å². The highest BCUT2D eigenvalue weighted by atomic mass is 16.4. The number of primary amides is 2. The lowest BCUT2D eigenvalue weighted by molar-refractivity contribution is -0.144. The molecule has 4 atom stereocenters. The fourth-order valence-corrected chi connectivity index (χ4v) is 3.42. The molecule has 1 fully saturated rings. The number of hydrogen-bond donors (Lipinski definition) is 7. The van der Waals surface area contributed by atoms with E-state index in [1.807, 2.05) is 0 Å². The minimum Gasteiger partial charge on any atom is -0.481 e. The second kappa shape index (κ2) is 13.1. The number of nitrogens with one attached hydrogen (secondary N) is 2. The maximum Gasteiger partial charge on any atom is 0.326 e. The third-order valence-corrected chi connectivity index (χ3v) is 5.16. The lowest BCUT2D eigenvalue weighted by atomic mass is 10.1. The lowest BCUT2D eigenvalue weighted by Crippen LogP contribution is -2.57. The zero-order valence-electron chi connectivity index (χ0n) is 18.4. The summed E-state index contributed by atoms with van der Waals surface area (Å²) in [7, 11) is 0. The van der Waals surface area contributed by atoms with Crippen LogP contribution in [0.3, 0.4) is 0 Å². The van der Waals surface area contributed by atoms with Crippen molar-refractivity contribution in [3.8, 4) is 0 Å². The molecule has 10 N–H and O–H groups in total. The minimum absolute atomic E-state index is 0.0148. The molecule has 1 aliphatic heterocycles. The number of carbonyl (C=O) groups excluding carboxylic acids is 5. The monoisotopic (exact) mass is 486 g/mol. The molecule has 0 aliphatic carbocycles. The van der Waals surface area contributed by atoms with Crippen molar-refractivity contribution in [2.24, 2.45) is 17.2 Å². The molecule has 1 aliphatic rings. The predicted octanol–water partition coefficient (Wildman–Crippen LogP) is -3.64. The number of amides is 5. The fourth-order valence-electron chi connectivity index (χ4n) is 3.42. The topological polar surface area (TPSA) is 265 Å². The quantitative estimate of drug-likeness (QED) is 0.126. The van der Waals surface area contributed by atoms with E-state index < -0.39 is 78.5 Å². The first-order valence-corrected chi connectivity index (χ1v) is 10.5. The summed E-state index contributed by atoms with van der Waals surface area (Å²) in [4.78, 5) is 83.5. The number of nitrogens with two attached hydrogens (primary N) is 3. The highest BCUT2D eigenvalue weighted by Gasteiger charge is 2.38. The van der Waals surface area contributed by atoms with E-state index in [0.717, 1.165) is 0 Å². The normalized spacial score (nSPS) is 17.8. The second-order valence-electron chi connectivity index (χ2n) is 7.86. The molecule has 1 heterocycles. The van der Waals surface area contributed by atoms with Crippen LogP contribution >= 0.6 is 0 Å². The summed E-state index contributed by atoms with van der Waals surface area (Å²) in [6.07, 6.45) is -1.06. The Kier molecular flexibility index (Phi) is 10.9. The van der Waals surface area contributed by atoms with Gasteiger partial charge in [-0.25, -0.2) is 4.79 Å². The number of nitrogens with zero attached hydrogens (tertiary/aromatic N) is 1. The Morgan fingerprint density at radius 3 is 2.09 bits per heavy atom. The first kappa shape index (κ1) is 28.3. The SMILES string of the molecule is NC(=O)CC[C@H](N)C(=O)N1CCC[C@H]1C(=O)N[C@@H](CCC(=O)O)C(=O)N[C@@H](CC(N)=O)C(=O)O. The van der Waals surface area contributed by atoms with E-state index in [9.17, 15) is 33.6 Å². The van der Waals surface area contributed by atoms with Gasteiger partial charge >= 0.3 is 11.9 Å². The van der Waals surface area contributed by atoms with Crippen molar-refractivity contribution in [1.29, 1.82) is 0 Å². The lowest BCUT2D eigenvalue weighted by Gasteiger charge is -2.28. The Balaban J connectivity index is 2.93. The smallest absolute Gasteiger partial charge is 0.326 e. The van der Waals surface area contributed by atoms with Crippen molar-refractivity contribution in [3.63, 3.8) is 0 Å². The van der Waals surface area contributed by atoms with E-state index >= 15 is 0 Å². The molecule has 15 nitrogen and oxygen atoms in total. The minimum atomic E-state index is -1.68. The van der Waals surface area contributed by atoms with Gasteiger partial charge in [0.2, 0.25) is 29.5 Å². The predicted molar refractivity (Wildman–Crippen MR) is 113 cm³/mol. The van der Waals surface area contributed by atoms with Gasteiger partial charge in [-0.1, -0.05) is 0 Å². The van der Waals surface area contributed by atoms with Gasteiger partial charge in [0, 0.05) is 19.4 Å². The van der Waals surface area contributed by atoms with Gasteiger partial charge in [0.15, 0.2) is 0 Å². The summed E-state index contributed by atoms with van der Waals surface area (Å²) >= 11 is 0. The molecule has 0 aromatic rings. The Hall–Kier alpha value is -3.75. The zero-order chi connectivity index (χ0) is 26.0. The molecule has 0 saturated carbocycles. The molecular weight excluding hydrogens is 456 g/mol. The standard InChI is InChI=1S/C19H30N6O9/c20-9(3-5-13(21)26)18(32)25-7-1-2-12(25)17(31)23-10(4-6-15(28)29)16(30)24-11(19(33)34)8-14(22)27/h9-12H,1-8,20H2,(H2,21,26)(H2,22,27)(H,23,31)(H,24,30)(H,28,29)(H,33,34)/t9-,10-,11-,12-/m0/s1. The summed E-state index contributed by atoms with van der Waals surface area (Å²) in [5.74, 6) is -6.82. The Bertz CT molecular complexity index is 833. The van der Waals surface area contributed by atoms with Crippen LogP contribution in [0.1, 0.15) is 44.9 Å². The van der Waals surface area contributed by atoms with Gasteiger partial charge in [0.1, 0.15) is 18.1 Å². The fraction of sp³-hybridized carbons (Fsp3) is 0.632. The second-order valence-corrected chi connectivity index (χ2v) is 7.86. The first-order chi connectivity index (χ1) is 15.8. The molecule has 34 heavy (non-hydrogen) atoms. The van der Waals surface area contributed by atoms with Crippen molar-refractivity contribution in [1.82, 2.24) is 15.5 Å². The molecule has 1 saturated heterocycles. The van der Waals surface area contributed by atoms with Gasteiger partial charge in [-0.05, 0) is 25.7 Å². The van der Waals surface area contributed by atoms with Crippen LogP contribution in [-0.2, 0) is 33.6 Å². The third kappa shape index (κ3) is 9.01. The van der Waals surface area contributed by atoms with Crippen molar-refractivity contribution in [2.75, 3.05) is 6.54 Å². The molecule has 15 heteroatoms. The average Bonchev–Trinajstić information content (AvgIpc) is 3.23. The molecule has 0 radical (unpaired) electrons. The molecule has 0 spiro atoms. The van der Waals surface area contributed by atoms with Crippen LogP contribution in [0.2, 0.25) is 0 Å². The van der Waals surface area contributed by atoms with Gasteiger partial charge in [-0.15, -0.1) is 0 Å². The van der Waals surface area contributed by atoms with E-state index in [4.69, 9.17) is 27.4 Å². The maximum absolute atomic E-state index is 12.9. The molecule has 190 valence electrons. The third-order valence-electron chi connectivity index (χ3n) is 5.16. The Labute approximate surface area is 194 Å². The summed E-state index contributed by atoms with van der Waals surface area (Å²) in [6.45, 7) is 0.201. The molecular formula is C19H30N6O9. The van der Waals surface area contributed by atoms with Crippen LogP contribution in [0, 0.1) is 0 Å². The largest absolute Gasteiger partial charge is 0.481 e. The number of aliphatic carboxylic acids is 2.